The Bertz CT molecular complexity index is 809. The van der Waals surface area contributed by atoms with Gasteiger partial charge in [0.2, 0.25) is 0 Å². The molecular weight excluding hydrogens is 408 g/mol. The fourth-order valence-electron chi connectivity index (χ4n) is 4.76. The van der Waals surface area contributed by atoms with E-state index in [1.807, 2.05) is 36.7 Å². The third-order valence-electron chi connectivity index (χ3n) is 6.94. The first-order valence-electron chi connectivity index (χ1n) is 13.3. The van der Waals surface area contributed by atoms with Crippen molar-refractivity contribution in [1.29, 1.82) is 0 Å². The fourth-order valence-corrected chi connectivity index (χ4v) is 4.76. The maximum atomic E-state index is 12.6. The molecule has 0 bridgehead atoms. The van der Waals surface area contributed by atoms with Gasteiger partial charge in [-0.15, -0.1) is 0 Å². The highest BCUT2D eigenvalue weighted by Gasteiger charge is 2.24. The van der Waals surface area contributed by atoms with Crippen LogP contribution in [-0.2, 0) is 11.2 Å². The molecule has 3 rings (SSSR count). The summed E-state index contributed by atoms with van der Waals surface area (Å²) < 4.78 is 5.80. The third kappa shape index (κ3) is 8.57. The lowest BCUT2D eigenvalue weighted by Crippen LogP contribution is -2.24. The second-order valence-corrected chi connectivity index (χ2v) is 9.70. The Labute approximate surface area is 200 Å². The van der Waals surface area contributed by atoms with Gasteiger partial charge in [0, 0.05) is 18.0 Å². The maximum Gasteiger partial charge on any atom is 0.338 e. The Morgan fingerprint density at radius 2 is 1.48 bits per heavy atom. The largest absolute Gasteiger partial charge is 0.459 e. The van der Waals surface area contributed by atoms with Gasteiger partial charge >= 0.3 is 5.97 Å². The van der Waals surface area contributed by atoms with Crippen LogP contribution in [0.4, 0.5) is 0 Å². The molecular formula is C29H42N2O2. The van der Waals surface area contributed by atoms with Crippen molar-refractivity contribution in [1.82, 2.24) is 9.97 Å². The average Bonchev–Trinajstić information content (AvgIpc) is 2.86. The van der Waals surface area contributed by atoms with Gasteiger partial charge in [-0.1, -0.05) is 77.3 Å². The van der Waals surface area contributed by atoms with Crippen LogP contribution in [0.25, 0.3) is 11.4 Å². The summed E-state index contributed by atoms with van der Waals surface area (Å²) in [5.41, 5.74) is 2.72. The molecule has 1 saturated carbocycles. The molecule has 0 amide bonds. The molecule has 0 spiro atoms. The van der Waals surface area contributed by atoms with Crippen molar-refractivity contribution >= 4 is 5.97 Å². The van der Waals surface area contributed by atoms with Gasteiger partial charge in [0.1, 0.15) is 6.10 Å². The van der Waals surface area contributed by atoms with E-state index in [0.717, 1.165) is 30.7 Å². The van der Waals surface area contributed by atoms with Crippen molar-refractivity contribution in [3.05, 3.63) is 47.8 Å². The van der Waals surface area contributed by atoms with E-state index in [-0.39, 0.29) is 12.1 Å². The van der Waals surface area contributed by atoms with Gasteiger partial charge in [0.25, 0.3) is 0 Å². The van der Waals surface area contributed by atoms with Gasteiger partial charge in [-0.2, -0.15) is 0 Å². The summed E-state index contributed by atoms with van der Waals surface area (Å²) in [6, 6.07) is 7.50. The maximum absolute atomic E-state index is 12.6. The molecule has 1 heterocycles. The van der Waals surface area contributed by atoms with Crippen LogP contribution in [0.1, 0.15) is 113 Å². The highest BCUT2D eigenvalue weighted by atomic mass is 16.5. The zero-order valence-electron chi connectivity index (χ0n) is 20.7. The number of carbonyl (C=O) groups excluding carboxylic acids is 1. The van der Waals surface area contributed by atoms with Crippen molar-refractivity contribution in [3.8, 4) is 11.4 Å². The first-order chi connectivity index (χ1) is 16.2. The normalized spacial score (nSPS) is 18.2. The van der Waals surface area contributed by atoms with Gasteiger partial charge in [-0.3, -0.25) is 0 Å². The number of unbranched alkanes of at least 4 members (excludes halogenated alkanes) is 6. The molecule has 1 fully saturated rings. The number of benzene rings is 1. The molecule has 1 aromatic carbocycles. The van der Waals surface area contributed by atoms with E-state index < -0.39 is 0 Å². The van der Waals surface area contributed by atoms with Gasteiger partial charge in [-0.25, -0.2) is 14.8 Å². The lowest BCUT2D eigenvalue weighted by molar-refractivity contribution is 0.0161. The Morgan fingerprint density at radius 1 is 0.848 bits per heavy atom. The van der Waals surface area contributed by atoms with Crippen molar-refractivity contribution in [3.63, 3.8) is 0 Å². The number of hydrogen-bond acceptors (Lipinski definition) is 4. The average molecular weight is 451 g/mol. The molecule has 1 aromatic heterocycles. The number of rotatable bonds is 13. The minimum Gasteiger partial charge on any atom is -0.459 e. The van der Waals surface area contributed by atoms with Gasteiger partial charge < -0.3 is 4.74 Å². The molecule has 2 aromatic rings. The summed E-state index contributed by atoms with van der Waals surface area (Å²) in [7, 11) is 0. The number of aromatic nitrogens is 2. The molecule has 1 aliphatic rings. The van der Waals surface area contributed by atoms with Crippen LogP contribution in [0, 0.1) is 5.92 Å². The van der Waals surface area contributed by atoms with E-state index in [2.05, 4.69) is 23.8 Å². The summed E-state index contributed by atoms with van der Waals surface area (Å²) in [6.45, 7) is 4.49. The van der Waals surface area contributed by atoms with Crippen LogP contribution < -0.4 is 0 Å². The van der Waals surface area contributed by atoms with Gasteiger partial charge in [0.15, 0.2) is 5.82 Å². The topological polar surface area (TPSA) is 52.1 Å². The van der Waals surface area contributed by atoms with Gasteiger partial charge in [-0.05, 0) is 62.1 Å². The molecule has 4 heteroatoms. The van der Waals surface area contributed by atoms with Crippen molar-refractivity contribution in [2.75, 3.05) is 0 Å². The Kier molecular flexibility index (Phi) is 10.9. The Morgan fingerprint density at radius 3 is 2.15 bits per heavy atom. The molecule has 1 aliphatic carbocycles. The molecule has 4 nitrogen and oxygen atoms in total. The lowest BCUT2D eigenvalue weighted by atomic mass is 9.84. The summed E-state index contributed by atoms with van der Waals surface area (Å²) in [6.07, 6.45) is 21.0. The number of carbonyl (C=O) groups is 1. The van der Waals surface area contributed by atoms with E-state index in [4.69, 9.17) is 4.74 Å². The van der Waals surface area contributed by atoms with Gasteiger partial charge in [0.05, 0.1) is 5.56 Å². The van der Waals surface area contributed by atoms with Crippen LogP contribution in [0.15, 0.2) is 36.7 Å². The number of nitrogens with zero attached hydrogens (tertiary/aromatic N) is 2. The molecule has 0 N–H and O–H groups in total. The molecule has 0 unspecified atom stereocenters. The van der Waals surface area contributed by atoms with E-state index in [1.165, 1.54) is 76.2 Å². The zero-order valence-corrected chi connectivity index (χ0v) is 20.7. The van der Waals surface area contributed by atoms with Crippen molar-refractivity contribution in [2.24, 2.45) is 5.92 Å². The summed E-state index contributed by atoms with van der Waals surface area (Å²) in [4.78, 5) is 21.7. The van der Waals surface area contributed by atoms with E-state index in [9.17, 15) is 4.79 Å². The van der Waals surface area contributed by atoms with Crippen LogP contribution in [0.3, 0.4) is 0 Å². The van der Waals surface area contributed by atoms with Crippen molar-refractivity contribution in [2.45, 2.75) is 110 Å². The first-order valence-corrected chi connectivity index (χ1v) is 13.3. The third-order valence-corrected chi connectivity index (χ3v) is 6.94. The molecule has 0 atom stereocenters. The second kappa shape index (κ2) is 14.1. The predicted octanol–water partition coefficient (Wildman–Crippen LogP) is 7.95. The van der Waals surface area contributed by atoms with Crippen molar-refractivity contribution < 1.29 is 9.53 Å². The SMILES string of the molecule is CCCCCCCc1cnc(-c2ccc(C(=O)O[C@H]3CC[C@H](CCCCC)CC3)cc2)nc1. The standard InChI is InChI=1S/C29H42N2O2/c1-3-5-7-8-10-12-24-21-30-28(31-22-24)25-15-17-26(18-16-25)29(32)33-27-19-13-23(14-20-27)11-9-6-4-2/h15-18,21-23,27H,3-14,19-20H2,1-2H3/t23-,27-. The van der Waals surface area contributed by atoms with Crippen LogP contribution >= 0.6 is 0 Å². The minimum absolute atomic E-state index is 0.0671. The van der Waals surface area contributed by atoms with Crippen LogP contribution in [0.2, 0.25) is 0 Å². The summed E-state index contributed by atoms with van der Waals surface area (Å²) in [5.74, 6) is 1.31. The minimum atomic E-state index is -0.213. The van der Waals surface area contributed by atoms with E-state index in [1.54, 1.807) is 0 Å². The Balaban J connectivity index is 1.43. The number of hydrogen-bond donors (Lipinski definition) is 0. The highest BCUT2D eigenvalue weighted by Crippen LogP contribution is 2.30. The predicted molar refractivity (Wildman–Crippen MR) is 135 cm³/mol. The highest BCUT2D eigenvalue weighted by molar-refractivity contribution is 5.90. The monoisotopic (exact) mass is 450 g/mol. The Hall–Kier alpha value is -2.23. The van der Waals surface area contributed by atoms with Crippen LogP contribution in [-0.4, -0.2) is 22.0 Å². The fraction of sp³-hybridized carbons (Fsp3) is 0.621. The van der Waals surface area contributed by atoms with E-state index in [0.29, 0.717) is 11.4 Å². The lowest BCUT2D eigenvalue weighted by Gasteiger charge is -2.28. The first kappa shape index (κ1) is 25.4. The molecule has 33 heavy (non-hydrogen) atoms. The molecule has 0 radical (unpaired) electrons. The molecule has 180 valence electrons. The zero-order chi connectivity index (χ0) is 23.3. The summed E-state index contributed by atoms with van der Waals surface area (Å²) >= 11 is 0. The number of ether oxygens (including phenoxy) is 1. The molecule has 0 saturated heterocycles. The summed E-state index contributed by atoms with van der Waals surface area (Å²) in [5, 5.41) is 0. The smallest absolute Gasteiger partial charge is 0.338 e. The second-order valence-electron chi connectivity index (χ2n) is 9.70. The number of esters is 1. The van der Waals surface area contributed by atoms with Crippen LogP contribution in [0.5, 0.6) is 0 Å². The molecule has 0 aliphatic heterocycles. The van der Waals surface area contributed by atoms with E-state index >= 15 is 0 Å². The number of aryl methyl sites for hydroxylation is 1. The quantitative estimate of drug-likeness (QED) is 0.229.